The summed E-state index contributed by atoms with van der Waals surface area (Å²) in [6.45, 7) is 0. The molecule has 1 heterocycles. The van der Waals surface area contributed by atoms with Gasteiger partial charge in [-0.25, -0.2) is 0 Å². The van der Waals surface area contributed by atoms with Gasteiger partial charge in [-0.2, -0.15) is 0 Å². The highest BCUT2D eigenvalue weighted by molar-refractivity contribution is 9.10. The molecular formula is C24H22BrClN2O3. The minimum Gasteiger partial charge on any atom is -0.508 e. The minimum absolute atomic E-state index is 0.192. The largest absolute Gasteiger partial charge is 0.508 e. The molecule has 5 nitrogen and oxygen atoms in total. The highest BCUT2D eigenvalue weighted by Gasteiger charge is 2.29. The Kier molecular flexibility index (Phi) is 6.51. The number of nitrogens with zero attached hydrogens (tertiary/aromatic N) is 1. The molecule has 0 radical (unpaired) electrons. The van der Waals surface area contributed by atoms with Gasteiger partial charge in [0.15, 0.2) is 0 Å². The molecule has 0 bridgehead atoms. The number of rotatable bonds is 5. The van der Waals surface area contributed by atoms with E-state index >= 15 is 0 Å². The van der Waals surface area contributed by atoms with Crippen molar-refractivity contribution >= 4 is 33.2 Å². The average molecular weight is 502 g/mol. The number of ether oxygens (including phenoxy) is 2. The molecule has 31 heavy (non-hydrogen) atoms. The van der Waals surface area contributed by atoms with E-state index in [1.807, 2.05) is 42.5 Å². The fourth-order valence-corrected chi connectivity index (χ4v) is 4.31. The van der Waals surface area contributed by atoms with Gasteiger partial charge in [-0.05, 0) is 66.2 Å². The zero-order valence-corrected chi connectivity index (χ0v) is 19.4. The van der Waals surface area contributed by atoms with Gasteiger partial charge in [-0.15, -0.1) is 0 Å². The van der Waals surface area contributed by atoms with Crippen LogP contribution in [0.1, 0.15) is 35.3 Å². The van der Waals surface area contributed by atoms with E-state index in [1.165, 1.54) is 0 Å². The normalized spacial score (nSPS) is 18.4. The van der Waals surface area contributed by atoms with Gasteiger partial charge in [0.1, 0.15) is 23.4 Å². The minimum atomic E-state index is -0.373. The number of nitrogens with one attached hydrogen (secondary N) is 1. The van der Waals surface area contributed by atoms with E-state index in [0.717, 1.165) is 38.4 Å². The first-order chi connectivity index (χ1) is 15.0. The predicted molar refractivity (Wildman–Crippen MR) is 127 cm³/mol. The van der Waals surface area contributed by atoms with E-state index in [-0.39, 0.29) is 18.0 Å². The number of hydrogen-bond donors (Lipinski definition) is 2. The molecule has 0 aromatic heterocycles. The molecule has 0 amide bonds. The maximum absolute atomic E-state index is 10.5. The molecule has 1 aliphatic rings. The molecule has 0 saturated carbocycles. The Morgan fingerprint density at radius 1 is 1.00 bits per heavy atom. The van der Waals surface area contributed by atoms with Gasteiger partial charge in [0.05, 0.1) is 14.2 Å². The van der Waals surface area contributed by atoms with Crippen LogP contribution in [-0.4, -0.2) is 25.0 Å². The van der Waals surface area contributed by atoms with E-state index in [4.69, 9.17) is 26.1 Å². The third-order valence-corrected chi connectivity index (χ3v) is 6.04. The number of phenolic OH excluding ortho intramolecular Hbond substituents is 1. The molecule has 7 heteroatoms. The average Bonchev–Trinajstić information content (AvgIpc) is 2.80. The van der Waals surface area contributed by atoms with E-state index < -0.39 is 0 Å². The molecule has 2 N–H and O–H groups in total. The van der Waals surface area contributed by atoms with Crippen molar-refractivity contribution in [2.75, 3.05) is 14.2 Å². The summed E-state index contributed by atoms with van der Waals surface area (Å²) in [6, 6.07) is 18.5. The van der Waals surface area contributed by atoms with Crippen molar-refractivity contribution in [3.8, 4) is 17.2 Å². The lowest BCUT2D eigenvalue weighted by atomic mass is 9.93. The van der Waals surface area contributed by atoms with Crippen LogP contribution in [0.5, 0.6) is 17.2 Å². The summed E-state index contributed by atoms with van der Waals surface area (Å²) in [5, 5.41) is 14.6. The summed E-state index contributed by atoms with van der Waals surface area (Å²) in [5.41, 5.74) is 3.53. The first-order valence-electron chi connectivity index (χ1n) is 9.77. The number of aromatic hydroxyl groups is 1. The molecule has 2 atom stereocenters. The molecule has 3 aromatic carbocycles. The Balaban J connectivity index is 1.80. The first-order valence-corrected chi connectivity index (χ1v) is 10.9. The summed E-state index contributed by atoms with van der Waals surface area (Å²) >= 11 is 9.78. The van der Waals surface area contributed by atoms with Crippen LogP contribution in [0.15, 0.2) is 70.1 Å². The van der Waals surface area contributed by atoms with E-state index in [1.54, 1.807) is 32.4 Å². The number of halogens is 2. The predicted octanol–water partition coefficient (Wildman–Crippen LogP) is 6.05. The van der Waals surface area contributed by atoms with Gasteiger partial charge in [0.2, 0.25) is 0 Å². The topological polar surface area (TPSA) is 63.1 Å². The summed E-state index contributed by atoms with van der Waals surface area (Å²) in [6.07, 6.45) is 0.217. The molecule has 2 unspecified atom stereocenters. The van der Waals surface area contributed by atoms with Crippen molar-refractivity contribution < 1.29 is 14.6 Å². The standard InChI is InChI=1S/C24H22BrClN2O3/c1-30-17-7-3-14(4-8-17)20-13-21(18-12-16(26)6-9-22(18)29)28-24(27-20)19-11-15(25)5-10-23(19)31-2/h3-12,21,24,28-29H,13H2,1-2H3. The molecule has 1 aliphatic heterocycles. The van der Waals surface area contributed by atoms with Crippen molar-refractivity contribution in [1.82, 2.24) is 5.32 Å². The zero-order chi connectivity index (χ0) is 22.0. The van der Waals surface area contributed by atoms with Gasteiger partial charge in [-0.3, -0.25) is 10.3 Å². The molecule has 0 saturated heterocycles. The quantitative estimate of drug-likeness (QED) is 0.447. The SMILES string of the molecule is COc1ccc(C2=NC(c3cc(Br)ccc3OC)NC(c3cc(Cl)ccc3O)C2)cc1. The lowest BCUT2D eigenvalue weighted by Gasteiger charge is -2.31. The van der Waals surface area contributed by atoms with Gasteiger partial charge in [-0.1, -0.05) is 27.5 Å². The van der Waals surface area contributed by atoms with Crippen LogP contribution in [0, 0.1) is 0 Å². The molecule has 0 aliphatic carbocycles. The van der Waals surface area contributed by atoms with Gasteiger partial charge < -0.3 is 14.6 Å². The molecule has 4 rings (SSSR count). The number of aliphatic imine (C=N–C) groups is 1. The van der Waals surface area contributed by atoms with Crippen LogP contribution in [0.25, 0.3) is 0 Å². The second-order valence-electron chi connectivity index (χ2n) is 7.22. The lowest BCUT2D eigenvalue weighted by Crippen LogP contribution is -2.33. The molecule has 0 fully saturated rings. The maximum Gasteiger partial charge on any atom is 0.130 e. The molecule has 3 aromatic rings. The third kappa shape index (κ3) is 4.71. The van der Waals surface area contributed by atoms with Crippen LogP contribution in [0.2, 0.25) is 5.02 Å². The smallest absolute Gasteiger partial charge is 0.130 e. The number of hydrogen-bond acceptors (Lipinski definition) is 5. The Hall–Kier alpha value is -2.54. The highest BCUT2D eigenvalue weighted by Crippen LogP contribution is 2.38. The molecular weight excluding hydrogens is 480 g/mol. The Bertz CT molecular complexity index is 1120. The fourth-order valence-electron chi connectivity index (χ4n) is 3.75. The maximum atomic E-state index is 10.5. The van der Waals surface area contributed by atoms with Crippen LogP contribution in [0.3, 0.4) is 0 Å². The first kappa shape index (κ1) is 21.7. The van der Waals surface area contributed by atoms with Gasteiger partial charge in [0, 0.05) is 38.8 Å². The van der Waals surface area contributed by atoms with Gasteiger partial charge >= 0.3 is 0 Å². The molecule has 0 spiro atoms. The van der Waals surface area contributed by atoms with E-state index in [9.17, 15) is 5.11 Å². The third-order valence-electron chi connectivity index (χ3n) is 5.32. The second kappa shape index (κ2) is 9.30. The number of phenols is 1. The van der Waals surface area contributed by atoms with E-state index in [0.29, 0.717) is 11.4 Å². The Morgan fingerprint density at radius 2 is 1.77 bits per heavy atom. The lowest BCUT2D eigenvalue weighted by molar-refractivity contribution is 0.381. The highest BCUT2D eigenvalue weighted by atomic mass is 79.9. The fraction of sp³-hybridized carbons (Fsp3) is 0.208. The van der Waals surface area contributed by atoms with Crippen LogP contribution < -0.4 is 14.8 Å². The van der Waals surface area contributed by atoms with Crippen molar-refractivity contribution in [2.45, 2.75) is 18.6 Å². The van der Waals surface area contributed by atoms with Gasteiger partial charge in [0.25, 0.3) is 0 Å². The van der Waals surface area contributed by atoms with Crippen LogP contribution in [-0.2, 0) is 0 Å². The Labute approximate surface area is 194 Å². The van der Waals surface area contributed by atoms with E-state index in [2.05, 4.69) is 21.2 Å². The van der Waals surface area contributed by atoms with Crippen LogP contribution in [0.4, 0.5) is 0 Å². The van der Waals surface area contributed by atoms with Crippen molar-refractivity contribution in [3.05, 3.63) is 86.8 Å². The zero-order valence-electron chi connectivity index (χ0n) is 17.1. The summed E-state index contributed by atoms with van der Waals surface area (Å²) in [4.78, 5) is 5.00. The van der Waals surface area contributed by atoms with Crippen LogP contribution >= 0.6 is 27.5 Å². The number of benzene rings is 3. The molecule has 160 valence electrons. The summed E-state index contributed by atoms with van der Waals surface area (Å²) in [5.74, 6) is 1.71. The van der Waals surface area contributed by atoms with Crippen molar-refractivity contribution in [2.24, 2.45) is 4.99 Å². The van der Waals surface area contributed by atoms with Crippen molar-refractivity contribution in [3.63, 3.8) is 0 Å². The number of methoxy groups -OCH3 is 2. The summed E-state index contributed by atoms with van der Waals surface area (Å²) in [7, 11) is 3.29. The second-order valence-corrected chi connectivity index (χ2v) is 8.57. The monoisotopic (exact) mass is 500 g/mol. The summed E-state index contributed by atoms with van der Waals surface area (Å²) < 4.78 is 11.8. The van der Waals surface area contributed by atoms with Crippen molar-refractivity contribution in [1.29, 1.82) is 0 Å². The Morgan fingerprint density at radius 3 is 2.48 bits per heavy atom.